The third-order valence-electron chi connectivity index (χ3n) is 3.12. The van der Waals surface area contributed by atoms with Gasteiger partial charge in [-0.15, -0.1) is 0 Å². The SMILES string of the molecule is CC(C)Cc1ccc(C(N)C(C)CC(=O)O)cc1. The summed E-state index contributed by atoms with van der Waals surface area (Å²) in [6.07, 6.45) is 1.16. The summed E-state index contributed by atoms with van der Waals surface area (Å²) in [6, 6.07) is 7.99. The Bertz CT molecular complexity index is 384. The Kier molecular flexibility index (Phi) is 5.35. The highest BCUT2D eigenvalue weighted by Gasteiger charge is 2.17. The zero-order chi connectivity index (χ0) is 13.7. The van der Waals surface area contributed by atoms with E-state index in [1.165, 1.54) is 5.56 Å². The van der Waals surface area contributed by atoms with Crippen LogP contribution in [0, 0.1) is 11.8 Å². The van der Waals surface area contributed by atoms with Crippen molar-refractivity contribution >= 4 is 5.97 Å². The Labute approximate surface area is 109 Å². The third-order valence-corrected chi connectivity index (χ3v) is 3.12. The molecule has 3 heteroatoms. The van der Waals surface area contributed by atoms with E-state index in [-0.39, 0.29) is 18.4 Å². The molecule has 100 valence electrons. The molecule has 3 N–H and O–H groups in total. The molecule has 0 fully saturated rings. The van der Waals surface area contributed by atoms with Crippen LogP contribution in [0.2, 0.25) is 0 Å². The number of rotatable bonds is 6. The van der Waals surface area contributed by atoms with Crippen molar-refractivity contribution in [3.05, 3.63) is 35.4 Å². The molecule has 0 aliphatic carbocycles. The van der Waals surface area contributed by atoms with Gasteiger partial charge in [0.1, 0.15) is 0 Å². The van der Waals surface area contributed by atoms with Gasteiger partial charge in [0, 0.05) is 12.5 Å². The third kappa shape index (κ3) is 4.49. The van der Waals surface area contributed by atoms with E-state index in [4.69, 9.17) is 10.8 Å². The molecular formula is C15H23NO2. The van der Waals surface area contributed by atoms with Crippen LogP contribution >= 0.6 is 0 Å². The first-order valence-electron chi connectivity index (χ1n) is 6.46. The first-order valence-corrected chi connectivity index (χ1v) is 6.46. The standard InChI is InChI=1S/C15H23NO2/c1-10(2)8-12-4-6-13(7-5-12)15(16)11(3)9-14(17)18/h4-7,10-11,15H,8-9,16H2,1-3H3,(H,17,18). The molecule has 1 rings (SSSR count). The molecule has 0 amide bonds. The Morgan fingerprint density at radius 2 is 1.78 bits per heavy atom. The van der Waals surface area contributed by atoms with Gasteiger partial charge in [0.25, 0.3) is 0 Å². The number of aliphatic carboxylic acids is 1. The Balaban J connectivity index is 2.69. The summed E-state index contributed by atoms with van der Waals surface area (Å²) in [5, 5.41) is 8.77. The zero-order valence-corrected chi connectivity index (χ0v) is 11.4. The van der Waals surface area contributed by atoms with Crippen LogP contribution in [0.5, 0.6) is 0 Å². The van der Waals surface area contributed by atoms with Crippen LogP contribution in [0.3, 0.4) is 0 Å². The minimum absolute atomic E-state index is 0.0570. The highest BCUT2D eigenvalue weighted by Crippen LogP contribution is 2.22. The Morgan fingerprint density at radius 1 is 1.22 bits per heavy atom. The fraction of sp³-hybridized carbons (Fsp3) is 0.533. The van der Waals surface area contributed by atoms with Crippen LogP contribution in [0.1, 0.15) is 44.4 Å². The molecule has 0 aliphatic heterocycles. The summed E-state index contributed by atoms with van der Waals surface area (Å²) in [4.78, 5) is 10.7. The normalized spacial score (nSPS) is 14.5. The second kappa shape index (κ2) is 6.55. The second-order valence-corrected chi connectivity index (χ2v) is 5.44. The van der Waals surface area contributed by atoms with Gasteiger partial charge in [0.15, 0.2) is 0 Å². The van der Waals surface area contributed by atoms with Crippen molar-refractivity contribution in [1.82, 2.24) is 0 Å². The Hall–Kier alpha value is -1.35. The molecule has 1 aromatic carbocycles. The lowest BCUT2D eigenvalue weighted by molar-refractivity contribution is -0.138. The van der Waals surface area contributed by atoms with Crippen molar-refractivity contribution in [1.29, 1.82) is 0 Å². The molecule has 0 aliphatic rings. The van der Waals surface area contributed by atoms with Gasteiger partial charge < -0.3 is 10.8 Å². The number of hydrogen-bond donors (Lipinski definition) is 2. The first-order chi connectivity index (χ1) is 8.40. The van der Waals surface area contributed by atoms with E-state index in [9.17, 15) is 4.79 Å². The summed E-state index contributed by atoms with van der Waals surface area (Å²) in [6.45, 7) is 6.25. The minimum atomic E-state index is -0.797. The molecule has 0 heterocycles. The predicted octanol–water partition coefficient (Wildman–Crippen LogP) is 3.00. The summed E-state index contributed by atoms with van der Waals surface area (Å²) in [5.41, 5.74) is 8.38. The van der Waals surface area contributed by atoms with Crippen molar-refractivity contribution in [2.75, 3.05) is 0 Å². The van der Waals surface area contributed by atoms with E-state index in [2.05, 4.69) is 26.0 Å². The average Bonchev–Trinajstić information content (AvgIpc) is 2.27. The van der Waals surface area contributed by atoms with E-state index >= 15 is 0 Å². The van der Waals surface area contributed by atoms with Gasteiger partial charge in [0.05, 0.1) is 0 Å². The first kappa shape index (κ1) is 14.7. The van der Waals surface area contributed by atoms with Crippen molar-refractivity contribution in [3.63, 3.8) is 0 Å². The van der Waals surface area contributed by atoms with Crippen LogP contribution in [0.15, 0.2) is 24.3 Å². The number of hydrogen-bond acceptors (Lipinski definition) is 2. The molecule has 2 atom stereocenters. The van der Waals surface area contributed by atoms with E-state index in [1.807, 2.05) is 19.1 Å². The number of carboxylic acids is 1. The smallest absolute Gasteiger partial charge is 0.303 e. The molecule has 0 bridgehead atoms. The fourth-order valence-corrected chi connectivity index (χ4v) is 2.08. The molecule has 0 radical (unpaired) electrons. The zero-order valence-electron chi connectivity index (χ0n) is 11.4. The number of carboxylic acid groups (broad SMARTS) is 1. The lowest BCUT2D eigenvalue weighted by atomic mass is 9.91. The second-order valence-electron chi connectivity index (χ2n) is 5.44. The van der Waals surface area contributed by atoms with Crippen molar-refractivity contribution in [2.45, 2.75) is 39.7 Å². The Morgan fingerprint density at radius 3 is 2.22 bits per heavy atom. The maximum Gasteiger partial charge on any atom is 0.303 e. The number of benzene rings is 1. The topological polar surface area (TPSA) is 63.3 Å². The summed E-state index contributed by atoms with van der Waals surface area (Å²) >= 11 is 0. The molecule has 0 saturated carbocycles. The predicted molar refractivity (Wildman–Crippen MR) is 73.3 cm³/mol. The molecule has 2 unspecified atom stereocenters. The molecule has 1 aromatic rings. The fourth-order valence-electron chi connectivity index (χ4n) is 2.08. The van der Waals surface area contributed by atoms with E-state index in [0.29, 0.717) is 5.92 Å². The lowest BCUT2D eigenvalue weighted by Crippen LogP contribution is -2.21. The highest BCUT2D eigenvalue weighted by atomic mass is 16.4. The highest BCUT2D eigenvalue weighted by molar-refractivity contribution is 5.67. The quantitative estimate of drug-likeness (QED) is 0.814. The van der Waals surface area contributed by atoms with Gasteiger partial charge in [-0.05, 0) is 29.4 Å². The van der Waals surface area contributed by atoms with Gasteiger partial charge in [0.2, 0.25) is 0 Å². The maximum absolute atomic E-state index is 10.7. The summed E-state index contributed by atoms with van der Waals surface area (Å²) in [5.74, 6) is -0.219. The summed E-state index contributed by atoms with van der Waals surface area (Å²) < 4.78 is 0. The van der Waals surface area contributed by atoms with Crippen LogP contribution < -0.4 is 5.73 Å². The van der Waals surface area contributed by atoms with Gasteiger partial charge in [-0.25, -0.2) is 0 Å². The monoisotopic (exact) mass is 249 g/mol. The van der Waals surface area contributed by atoms with Crippen molar-refractivity contribution in [3.8, 4) is 0 Å². The van der Waals surface area contributed by atoms with Crippen LogP contribution in [-0.2, 0) is 11.2 Å². The van der Waals surface area contributed by atoms with Crippen molar-refractivity contribution in [2.24, 2.45) is 17.6 Å². The van der Waals surface area contributed by atoms with Crippen LogP contribution in [0.25, 0.3) is 0 Å². The van der Waals surface area contributed by atoms with Gasteiger partial charge in [-0.1, -0.05) is 45.0 Å². The molecule has 0 saturated heterocycles. The van der Waals surface area contributed by atoms with Gasteiger partial charge >= 0.3 is 5.97 Å². The van der Waals surface area contributed by atoms with Gasteiger partial charge in [-0.2, -0.15) is 0 Å². The van der Waals surface area contributed by atoms with Gasteiger partial charge in [-0.3, -0.25) is 4.79 Å². The largest absolute Gasteiger partial charge is 0.481 e. The average molecular weight is 249 g/mol. The van der Waals surface area contributed by atoms with E-state index in [0.717, 1.165) is 12.0 Å². The molecular weight excluding hydrogens is 226 g/mol. The maximum atomic E-state index is 10.7. The lowest BCUT2D eigenvalue weighted by Gasteiger charge is -2.19. The molecule has 0 spiro atoms. The van der Waals surface area contributed by atoms with Crippen LogP contribution in [0.4, 0.5) is 0 Å². The number of nitrogens with two attached hydrogens (primary N) is 1. The molecule has 18 heavy (non-hydrogen) atoms. The van der Waals surface area contributed by atoms with Crippen molar-refractivity contribution < 1.29 is 9.90 Å². The summed E-state index contributed by atoms with van der Waals surface area (Å²) in [7, 11) is 0. The molecule has 0 aromatic heterocycles. The minimum Gasteiger partial charge on any atom is -0.481 e. The van der Waals surface area contributed by atoms with E-state index in [1.54, 1.807) is 0 Å². The van der Waals surface area contributed by atoms with E-state index < -0.39 is 5.97 Å². The molecule has 3 nitrogen and oxygen atoms in total. The number of carbonyl (C=O) groups is 1. The van der Waals surface area contributed by atoms with Crippen LogP contribution in [-0.4, -0.2) is 11.1 Å².